The van der Waals surface area contributed by atoms with E-state index in [0.717, 1.165) is 16.1 Å². The van der Waals surface area contributed by atoms with Crippen molar-refractivity contribution >= 4 is 38.9 Å². The fourth-order valence-corrected chi connectivity index (χ4v) is 2.36. The molecule has 4 nitrogen and oxygen atoms in total. The van der Waals surface area contributed by atoms with Crippen molar-refractivity contribution in [3.8, 4) is 0 Å². The molecule has 0 saturated carbocycles. The molecule has 0 aliphatic carbocycles. The number of benzene rings is 2. The van der Waals surface area contributed by atoms with Crippen molar-refractivity contribution in [1.29, 1.82) is 0 Å². The summed E-state index contributed by atoms with van der Waals surface area (Å²) < 4.78 is 14.7. The third kappa shape index (κ3) is 2.91. The van der Waals surface area contributed by atoms with Crippen molar-refractivity contribution in [3.05, 3.63) is 51.7 Å². The minimum atomic E-state index is -0.700. The number of hydrogen-bond donors (Lipinski definition) is 3. The molecule has 0 aliphatic heterocycles. The van der Waals surface area contributed by atoms with E-state index < -0.39 is 11.7 Å². The summed E-state index contributed by atoms with van der Waals surface area (Å²) in [6.07, 6.45) is 0. The number of nitrogen functional groups attached to an aromatic ring is 1. The normalized spacial score (nSPS) is 10.3. The highest BCUT2D eigenvalue weighted by molar-refractivity contribution is 9.10. The number of halogens is 2. The van der Waals surface area contributed by atoms with Crippen molar-refractivity contribution in [2.24, 2.45) is 5.73 Å². The second-order valence-electron chi connectivity index (χ2n) is 4.39. The lowest BCUT2D eigenvalue weighted by Crippen LogP contribution is -2.14. The van der Waals surface area contributed by atoms with Gasteiger partial charge in [-0.3, -0.25) is 4.79 Å². The lowest BCUT2D eigenvalue weighted by atomic mass is 10.1. The Morgan fingerprint density at radius 3 is 2.55 bits per heavy atom. The number of anilines is 3. The van der Waals surface area contributed by atoms with E-state index in [0.29, 0.717) is 5.69 Å². The summed E-state index contributed by atoms with van der Waals surface area (Å²) in [6, 6.07) is 7.97. The molecule has 0 heterocycles. The van der Waals surface area contributed by atoms with Gasteiger partial charge in [0, 0.05) is 10.2 Å². The van der Waals surface area contributed by atoms with Crippen LogP contribution in [0.1, 0.15) is 15.9 Å². The van der Waals surface area contributed by atoms with Gasteiger partial charge in [0.2, 0.25) is 0 Å². The standard InChI is InChI=1S/C14H13BrFN3O/c1-7-2-3-12(9(15)4-7)19-13-5-8(14(18)20)11(17)6-10(13)16/h2-6,19H,17H2,1H3,(H2,18,20). The summed E-state index contributed by atoms with van der Waals surface area (Å²) in [5.41, 5.74) is 12.7. The van der Waals surface area contributed by atoms with Gasteiger partial charge in [0.1, 0.15) is 5.82 Å². The van der Waals surface area contributed by atoms with Crippen LogP contribution < -0.4 is 16.8 Å². The molecular formula is C14H13BrFN3O. The van der Waals surface area contributed by atoms with Gasteiger partial charge in [-0.25, -0.2) is 4.39 Å². The van der Waals surface area contributed by atoms with Gasteiger partial charge < -0.3 is 16.8 Å². The molecule has 20 heavy (non-hydrogen) atoms. The van der Waals surface area contributed by atoms with Crippen molar-refractivity contribution < 1.29 is 9.18 Å². The van der Waals surface area contributed by atoms with Crippen LogP contribution in [0.3, 0.4) is 0 Å². The van der Waals surface area contributed by atoms with E-state index in [9.17, 15) is 9.18 Å². The van der Waals surface area contributed by atoms with Crippen LogP contribution in [0, 0.1) is 12.7 Å². The van der Waals surface area contributed by atoms with E-state index in [-0.39, 0.29) is 16.9 Å². The maximum absolute atomic E-state index is 13.9. The Morgan fingerprint density at radius 2 is 1.95 bits per heavy atom. The molecular weight excluding hydrogens is 325 g/mol. The second-order valence-corrected chi connectivity index (χ2v) is 5.25. The minimum absolute atomic E-state index is 0.0171. The lowest BCUT2D eigenvalue weighted by Gasteiger charge is -2.12. The maximum atomic E-state index is 13.9. The van der Waals surface area contributed by atoms with Gasteiger partial charge in [0.05, 0.1) is 16.9 Å². The summed E-state index contributed by atoms with van der Waals surface area (Å²) in [5.74, 6) is -1.26. The Morgan fingerprint density at radius 1 is 1.25 bits per heavy atom. The molecule has 0 radical (unpaired) electrons. The molecule has 0 spiro atoms. The zero-order valence-corrected chi connectivity index (χ0v) is 12.3. The van der Waals surface area contributed by atoms with E-state index in [2.05, 4.69) is 21.2 Å². The number of rotatable bonds is 3. The zero-order valence-electron chi connectivity index (χ0n) is 10.7. The Labute approximate surface area is 124 Å². The fourth-order valence-electron chi connectivity index (χ4n) is 1.76. The van der Waals surface area contributed by atoms with Crippen LogP contribution >= 0.6 is 15.9 Å². The average molecular weight is 338 g/mol. The third-order valence-electron chi connectivity index (χ3n) is 2.80. The number of carbonyl (C=O) groups excluding carboxylic acids is 1. The largest absolute Gasteiger partial charge is 0.398 e. The minimum Gasteiger partial charge on any atom is -0.398 e. The number of aryl methyl sites for hydroxylation is 1. The van der Waals surface area contributed by atoms with Gasteiger partial charge in [-0.1, -0.05) is 6.07 Å². The number of hydrogen-bond acceptors (Lipinski definition) is 3. The van der Waals surface area contributed by atoms with E-state index in [1.165, 1.54) is 6.07 Å². The quantitative estimate of drug-likeness (QED) is 0.751. The first kappa shape index (κ1) is 14.3. The summed E-state index contributed by atoms with van der Waals surface area (Å²) in [6.45, 7) is 1.95. The molecule has 0 fully saturated rings. The molecule has 6 heteroatoms. The summed E-state index contributed by atoms with van der Waals surface area (Å²) in [5, 5.41) is 2.90. The predicted molar refractivity (Wildman–Crippen MR) is 81.5 cm³/mol. The highest BCUT2D eigenvalue weighted by Crippen LogP contribution is 2.30. The van der Waals surface area contributed by atoms with E-state index in [1.54, 1.807) is 6.07 Å². The Bertz CT molecular complexity index is 688. The Hall–Kier alpha value is -2.08. The smallest absolute Gasteiger partial charge is 0.250 e. The van der Waals surface area contributed by atoms with Gasteiger partial charge in [0.15, 0.2) is 0 Å². The van der Waals surface area contributed by atoms with Gasteiger partial charge in [0.25, 0.3) is 5.91 Å². The number of primary amides is 1. The predicted octanol–water partition coefficient (Wildman–Crippen LogP) is 3.32. The first-order valence-electron chi connectivity index (χ1n) is 5.80. The number of nitrogens with two attached hydrogens (primary N) is 2. The van der Waals surface area contributed by atoms with Crippen molar-refractivity contribution in [2.45, 2.75) is 6.92 Å². The van der Waals surface area contributed by atoms with Gasteiger partial charge in [-0.2, -0.15) is 0 Å². The average Bonchev–Trinajstić information content (AvgIpc) is 2.35. The van der Waals surface area contributed by atoms with Crippen LogP contribution in [0.2, 0.25) is 0 Å². The van der Waals surface area contributed by atoms with Crippen LogP contribution in [-0.2, 0) is 0 Å². The molecule has 0 aliphatic rings. The van der Waals surface area contributed by atoms with Crippen molar-refractivity contribution in [3.63, 3.8) is 0 Å². The molecule has 0 bridgehead atoms. The van der Waals surface area contributed by atoms with E-state index >= 15 is 0 Å². The van der Waals surface area contributed by atoms with Crippen LogP contribution in [-0.4, -0.2) is 5.91 Å². The van der Waals surface area contributed by atoms with Gasteiger partial charge in [-0.15, -0.1) is 0 Å². The molecule has 2 aromatic rings. The number of nitrogens with one attached hydrogen (secondary N) is 1. The monoisotopic (exact) mass is 337 g/mol. The first-order valence-corrected chi connectivity index (χ1v) is 6.60. The lowest BCUT2D eigenvalue weighted by molar-refractivity contribution is 0.100. The fraction of sp³-hybridized carbons (Fsp3) is 0.0714. The summed E-state index contributed by atoms with van der Waals surface area (Å²) in [7, 11) is 0. The van der Waals surface area contributed by atoms with Crippen molar-refractivity contribution in [1.82, 2.24) is 0 Å². The molecule has 1 amide bonds. The maximum Gasteiger partial charge on any atom is 0.250 e. The third-order valence-corrected chi connectivity index (χ3v) is 3.45. The highest BCUT2D eigenvalue weighted by atomic mass is 79.9. The van der Waals surface area contributed by atoms with Crippen molar-refractivity contribution in [2.75, 3.05) is 11.1 Å². The van der Waals surface area contributed by atoms with Crippen LogP contribution in [0.15, 0.2) is 34.8 Å². The SMILES string of the molecule is Cc1ccc(Nc2cc(C(N)=O)c(N)cc2F)c(Br)c1. The Kier molecular flexibility index (Phi) is 3.94. The number of carbonyl (C=O) groups is 1. The van der Waals surface area contributed by atoms with Crippen LogP contribution in [0.4, 0.5) is 21.5 Å². The number of amides is 1. The van der Waals surface area contributed by atoms with Crippen LogP contribution in [0.25, 0.3) is 0 Å². The second kappa shape index (κ2) is 5.50. The molecule has 5 N–H and O–H groups in total. The van der Waals surface area contributed by atoms with Gasteiger partial charge >= 0.3 is 0 Å². The molecule has 0 saturated heterocycles. The van der Waals surface area contributed by atoms with E-state index in [1.807, 2.05) is 19.1 Å². The molecule has 0 unspecified atom stereocenters. The molecule has 0 aromatic heterocycles. The van der Waals surface area contributed by atoms with Gasteiger partial charge in [-0.05, 0) is 52.7 Å². The highest BCUT2D eigenvalue weighted by Gasteiger charge is 2.12. The zero-order chi connectivity index (χ0) is 14.9. The van der Waals surface area contributed by atoms with Crippen LogP contribution in [0.5, 0.6) is 0 Å². The Balaban J connectivity index is 2.43. The molecule has 2 rings (SSSR count). The topological polar surface area (TPSA) is 81.1 Å². The van der Waals surface area contributed by atoms with E-state index in [4.69, 9.17) is 11.5 Å². The summed E-state index contributed by atoms with van der Waals surface area (Å²) >= 11 is 3.39. The summed E-state index contributed by atoms with van der Waals surface area (Å²) in [4.78, 5) is 11.2. The first-order chi connectivity index (χ1) is 9.38. The molecule has 104 valence electrons. The molecule has 0 atom stereocenters. The molecule has 2 aromatic carbocycles.